The van der Waals surface area contributed by atoms with Crippen molar-refractivity contribution in [2.75, 3.05) is 25.6 Å². The van der Waals surface area contributed by atoms with Gasteiger partial charge in [-0.3, -0.25) is 4.79 Å². The lowest BCUT2D eigenvalue weighted by Gasteiger charge is -2.11. The van der Waals surface area contributed by atoms with Gasteiger partial charge in [-0.25, -0.2) is 4.79 Å². The summed E-state index contributed by atoms with van der Waals surface area (Å²) in [5, 5.41) is 3.30. The molecule has 6 nitrogen and oxygen atoms in total. The van der Waals surface area contributed by atoms with Gasteiger partial charge >= 0.3 is 5.97 Å². The van der Waals surface area contributed by atoms with Crippen LogP contribution in [0.15, 0.2) is 36.4 Å². The quantitative estimate of drug-likeness (QED) is 0.654. The summed E-state index contributed by atoms with van der Waals surface area (Å²) in [7, 11) is 1.54. The Hall–Kier alpha value is -2.28. The molecule has 27 heavy (non-hydrogen) atoms. The zero-order valence-electron chi connectivity index (χ0n) is 14.9. The van der Waals surface area contributed by atoms with Crippen LogP contribution in [0, 0.1) is 0 Å². The van der Waals surface area contributed by atoms with E-state index in [1.54, 1.807) is 30.3 Å². The number of methoxy groups -OCH3 is 1. The average Bonchev–Trinajstić information content (AvgIpc) is 2.66. The van der Waals surface area contributed by atoms with Gasteiger partial charge < -0.3 is 19.5 Å². The second-order valence-electron chi connectivity index (χ2n) is 5.41. The summed E-state index contributed by atoms with van der Waals surface area (Å²) in [6, 6.07) is 9.48. The van der Waals surface area contributed by atoms with E-state index in [9.17, 15) is 9.59 Å². The van der Waals surface area contributed by atoms with Crippen LogP contribution in [0.5, 0.6) is 5.75 Å². The molecule has 2 aromatic carbocycles. The summed E-state index contributed by atoms with van der Waals surface area (Å²) in [6.07, 6.45) is 0. The van der Waals surface area contributed by atoms with Crippen molar-refractivity contribution in [3.8, 4) is 5.75 Å². The summed E-state index contributed by atoms with van der Waals surface area (Å²) in [6.45, 7) is 2.25. The van der Waals surface area contributed by atoms with Crippen LogP contribution < -0.4 is 10.1 Å². The number of hydrogen-bond donors (Lipinski definition) is 1. The molecule has 0 aliphatic heterocycles. The lowest BCUT2D eigenvalue weighted by Crippen LogP contribution is -2.21. The zero-order chi connectivity index (χ0) is 19.8. The SMILES string of the molecule is CCOCc1cc(C(=O)OCC(=O)Nc2ccc(Cl)cc2Cl)ccc1OC. The fourth-order valence-corrected chi connectivity index (χ4v) is 2.68. The van der Waals surface area contributed by atoms with Gasteiger partial charge in [-0.2, -0.15) is 0 Å². The van der Waals surface area contributed by atoms with Gasteiger partial charge in [0.25, 0.3) is 5.91 Å². The summed E-state index contributed by atoms with van der Waals surface area (Å²) in [5.41, 5.74) is 1.39. The van der Waals surface area contributed by atoms with Crippen LogP contribution in [0.4, 0.5) is 5.69 Å². The molecule has 8 heteroatoms. The molecule has 0 heterocycles. The van der Waals surface area contributed by atoms with Gasteiger partial charge in [0.05, 0.1) is 30.0 Å². The second kappa shape index (κ2) is 10.2. The number of carbonyl (C=O) groups is 2. The van der Waals surface area contributed by atoms with E-state index in [0.29, 0.717) is 40.8 Å². The van der Waals surface area contributed by atoms with Crippen LogP contribution in [0.1, 0.15) is 22.8 Å². The summed E-state index contributed by atoms with van der Waals surface area (Å²) in [4.78, 5) is 24.2. The van der Waals surface area contributed by atoms with E-state index in [2.05, 4.69) is 5.32 Å². The van der Waals surface area contributed by atoms with Crippen molar-refractivity contribution in [3.63, 3.8) is 0 Å². The molecular formula is C19H19Cl2NO5. The fraction of sp³-hybridized carbons (Fsp3) is 0.263. The number of amides is 1. The molecule has 0 aliphatic carbocycles. The van der Waals surface area contributed by atoms with Crippen molar-refractivity contribution in [1.29, 1.82) is 0 Å². The van der Waals surface area contributed by atoms with Crippen molar-refractivity contribution in [1.82, 2.24) is 0 Å². The molecule has 0 fully saturated rings. The summed E-state index contributed by atoms with van der Waals surface area (Å²) < 4.78 is 15.7. The highest BCUT2D eigenvalue weighted by molar-refractivity contribution is 6.36. The number of nitrogens with one attached hydrogen (secondary N) is 1. The van der Waals surface area contributed by atoms with Gasteiger partial charge in [-0.15, -0.1) is 0 Å². The Bertz CT molecular complexity index is 826. The molecule has 0 spiro atoms. The highest BCUT2D eigenvalue weighted by Gasteiger charge is 2.14. The van der Waals surface area contributed by atoms with E-state index in [4.69, 9.17) is 37.4 Å². The molecule has 1 amide bonds. The zero-order valence-corrected chi connectivity index (χ0v) is 16.4. The Morgan fingerprint density at radius 2 is 1.89 bits per heavy atom. The Morgan fingerprint density at radius 1 is 1.11 bits per heavy atom. The number of halogens is 2. The minimum Gasteiger partial charge on any atom is -0.496 e. The van der Waals surface area contributed by atoms with E-state index in [-0.39, 0.29) is 5.02 Å². The molecule has 0 radical (unpaired) electrons. The van der Waals surface area contributed by atoms with Crippen molar-refractivity contribution < 1.29 is 23.8 Å². The Morgan fingerprint density at radius 3 is 2.56 bits per heavy atom. The molecule has 0 saturated heterocycles. The molecule has 0 unspecified atom stereocenters. The maximum atomic E-state index is 12.2. The number of rotatable bonds is 8. The number of carbonyl (C=O) groups excluding carboxylic acids is 2. The Balaban J connectivity index is 1.97. The predicted octanol–water partition coefficient (Wildman–Crippen LogP) is 4.33. The normalized spacial score (nSPS) is 10.4. The van der Waals surface area contributed by atoms with Gasteiger partial charge in [0.15, 0.2) is 6.61 Å². The number of hydrogen-bond acceptors (Lipinski definition) is 5. The van der Waals surface area contributed by atoms with Crippen molar-refractivity contribution >= 4 is 40.8 Å². The van der Waals surface area contributed by atoms with Crippen LogP contribution >= 0.6 is 23.2 Å². The maximum absolute atomic E-state index is 12.2. The standard InChI is InChI=1S/C19H19Cl2NO5/c1-3-26-10-13-8-12(4-7-17(13)25-2)19(24)27-11-18(23)22-16-6-5-14(20)9-15(16)21/h4-9H,3,10-11H2,1-2H3,(H,22,23). The topological polar surface area (TPSA) is 73.9 Å². The molecule has 2 aromatic rings. The van der Waals surface area contributed by atoms with E-state index in [1.807, 2.05) is 6.92 Å². The predicted molar refractivity (Wildman–Crippen MR) is 104 cm³/mol. The molecule has 0 atom stereocenters. The average molecular weight is 412 g/mol. The number of esters is 1. The molecular weight excluding hydrogens is 393 g/mol. The van der Waals surface area contributed by atoms with E-state index < -0.39 is 18.5 Å². The van der Waals surface area contributed by atoms with Gasteiger partial charge in [-0.1, -0.05) is 23.2 Å². The first kappa shape index (κ1) is 21.0. The van der Waals surface area contributed by atoms with Crippen molar-refractivity contribution in [2.24, 2.45) is 0 Å². The summed E-state index contributed by atoms with van der Waals surface area (Å²) in [5.74, 6) is -0.543. The third-order valence-electron chi connectivity index (χ3n) is 3.52. The second-order valence-corrected chi connectivity index (χ2v) is 6.26. The number of ether oxygens (including phenoxy) is 3. The van der Waals surface area contributed by atoms with E-state index >= 15 is 0 Å². The van der Waals surface area contributed by atoms with Crippen molar-refractivity contribution in [2.45, 2.75) is 13.5 Å². The Labute approximate surface area is 167 Å². The first-order valence-corrected chi connectivity index (χ1v) is 8.86. The van der Waals surface area contributed by atoms with Crippen LogP contribution in [-0.2, 0) is 20.9 Å². The van der Waals surface area contributed by atoms with E-state index in [0.717, 1.165) is 0 Å². The molecule has 144 valence electrons. The van der Waals surface area contributed by atoms with Crippen molar-refractivity contribution in [3.05, 3.63) is 57.6 Å². The maximum Gasteiger partial charge on any atom is 0.338 e. The highest BCUT2D eigenvalue weighted by atomic mass is 35.5. The highest BCUT2D eigenvalue weighted by Crippen LogP contribution is 2.25. The first-order valence-electron chi connectivity index (χ1n) is 8.11. The molecule has 0 aliphatic rings. The third kappa shape index (κ3) is 6.13. The Kier molecular flexibility index (Phi) is 7.91. The van der Waals surface area contributed by atoms with Gasteiger partial charge in [0.1, 0.15) is 5.75 Å². The fourth-order valence-electron chi connectivity index (χ4n) is 2.22. The molecule has 2 rings (SSSR count). The molecule has 1 N–H and O–H groups in total. The molecule has 0 bridgehead atoms. The number of anilines is 1. The van der Waals surface area contributed by atoms with Crippen LogP contribution in [0.2, 0.25) is 10.0 Å². The van der Waals surface area contributed by atoms with Crippen LogP contribution in [0.3, 0.4) is 0 Å². The van der Waals surface area contributed by atoms with Gasteiger partial charge in [-0.05, 0) is 43.3 Å². The smallest absolute Gasteiger partial charge is 0.338 e. The first-order chi connectivity index (χ1) is 12.9. The van der Waals surface area contributed by atoms with Gasteiger partial charge in [0.2, 0.25) is 0 Å². The molecule has 0 aromatic heterocycles. The monoisotopic (exact) mass is 411 g/mol. The summed E-state index contributed by atoms with van der Waals surface area (Å²) >= 11 is 11.8. The molecule has 0 saturated carbocycles. The lowest BCUT2D eigenvalue weighted by atomic mass is 10.1. The minimum absolute atomic E-state index is 0.290. The van der Waals surface area contributed by atoms with Crippen LogP contribution in [0.25, 0.3) is 0 Å². The largest absolute Gasteiger partial charge is 0.496 e. The van der Waals surface area contributed by atoms with Crippen LogP contribution in [-0.4, -0.2) is 32.2 Å². The lowest BCUT2D eigenvalue weighted by molar-refractivity contribution is -0.119. The van der Waals surface area contributed by atoms with E-state index in [1.165, 1.54) is 13.2 Å². The third-order valence-corrected chi connectivity index (χ3v) is 4.07. The number of benzene rings is 2. The van der Waals surface area contributed by atoms with Gasteiger partial charge in [0, 0.05) is 17.2 Å². The minimum atomic E-state index is -0.632.